The largest absolute Gasteiger partial charge is 0.375 e. The second kappa shape index (κ2) is 3.68. The maximum Gasteiger partial charge on any atom is 0.139 e. The van der Waals surface area contributed by atoms with E-state index in [4.69, 9.17) is 9.47 Å². The molecule has 4 heteroatoms. The van der Waals surface area contributed by atoms with Gasteiger partial charge in [0.1, 0.15) is 5.78 Å². The third-order valence-corrected chi connectivity index (χ3v) is 4.26. The fourth-order valence-electron chi connectivity index (χ4n) is 3.26. The first-order chi connectivity index (χ1) is 7.31. The number of hydrogen-bond donors (Lipinski definition) is 0. The van der Waals surface area contributed by atoms with E-state index in [9.17, 15) is 4.79 Å². The quantitative estimate of drug-likeness (QED) is 0.520. The molecule has 5 unspecified atom stereocenters. The number of fused-ring (bicyclic) bond motifs is 1. The minimum Gasteiger partial charge on any atom is -0.375 e. The predicted molar refractivity (Wildman–Crippen MR) is 54.8 cm³/mol. The van der Waals surface area contributed by atoms with Gasteiger partial charge in [-0.25, -0.2) is 0 Å². The monoisotopic (exact) mass is 223 g/mol. The minimum absolute atomic E-state index is 0.191. The van der Waals surface area contributed by atoms with Gasteiger partial charge in [0.25, 0.3) is 0 Å². The van der Waals surface area contributed by atoms with Crippen LogP contribution < -0.4 is 0 Å². The molecular weight excluding hydrogens is 208 g/mol. The fraction of sp³-hybridized carbons (Fsp3) is 0.909. The van der Waals surface area contributed by atoms with E-state index in [1.807, 2.05) is 0 Å². The molecule has 5 atom stereocenters. The smallest absolute Gasteiger partial charge is 0.139 e. The molecular formula is C11H15O3Si. The molecule has 2 saturated heterocycles. The summed E-state index contributed by atoms with van der Waals surface area (Å²) in [5.74, 6) is 0.963. The molecule has 3 nitrogen and oxygen atoms in total. The van der Waals surface area contributed by atoms with Gasteiger partial charge in [0.05, 0.1) is 18.3 Å². The molecule has 1 saturated carbocycles. The number of ketones is 1. The molecule has 0 N–H and O–H groups in total. The van der Waals surface area contributed by atoms with Crippen molar-refractivity contribution in [1.29, 1.82) is 0 Å². The van der Waals surface area contributed by atoms with Crippen LogP contribution in [0.2, 0.25) is 6.04 Å². The third kappa shape index (κ3) is 1.42. The van der Waals surface area contributed by atoms with Gasteiger partial charge in [-0.3, -0.25) is 4.79 Å². The van der Waals surface area contributed by atoms with Crippen LogP contribution in [0.5, 0.6) is 0 Å². The Balaban J connectivity index is 1.65. The van der Waals surface area contributed by atoms with Crippen LogP contribution in [0.25, 0.3) is 0 Å². The molecule has 3 rings (SSSR count). The van der Waals surface area contributed by atoms with Crippen LogP contribution in [0.3, 0.4) is 0 Å². The molecule has 3 fully saturated rings. The summed E-state index contributed by atoms with van der Waals surface area (Å²) < 4.78 is 11.7. The zero-order valence-electron chi connectivity index (χ0n) is 8.65. The highest BCUT2D eigenvalue weighted by molar-refractivity contribution is 6.08. The Kier molecular flexibility index (Phi) is 2.45. The highest BCUT2D eigenvalue weighted by atomic mass is 28.1. The summed E-state index contributed by atoms with van der Waals surface area (Å²) in [6, 6.07) is 0.966. The Morgan fingerprint density at radius 2 is 2.40 bits per heavy atom. The maximum atomic E-state index is 11.6. The van der Waals surface area contributed by atoms with E-state index in [1.54, 1.807) is 0 Å². The maximum absolute atomic E-state index is 11.6. The molecule has 1 aliphatic carbocycles. The number of carbonyl (C=O) groups is 1. The van der Waals surface area contributed by atoms with Crippen LogP contribution in [-0.2, 0) is 14.3 Å². The third-order valence-electron chi connectivity index (χ3n) is 3.91. The molecule has 2 bridgehead atoms. The number of rotatable bonds is 4. The van der Waals surface area contributed by atoms with Gasteiger partial charge in [-0.15, -0.1) is 0 Å². The van der Waals surface area contributed by atoms with Crippen molar-refractivity contribution in [1.82, 2.24) is 0 Å². The highest BCUT2D eigenvalue weighted by Crippen LogP contribution is 2.51. The molecule has 0 spiro atoms. The lowest BCUT2D eigenvalue weighted by Crippen LogP contribution is -2.34. The van der Waals surface area contributed by atoms with Crippen LogP contribution in [0, 0.1) is 11.8 Å². The van der Waals surface area contributed by atoms with Crippen LogP contribution in [0.15, 0.2) is 0 Å². The second-order valence-corrected chi connectivity index (χ2v) is 5.25. The number of Topliss-reactive ketones (excluding diaryl/α,β-unsaturated/α-hetero) is 1. The van der Waals surface area contributed by atoms with Crippen molar-refractivity contribution in [2.45, 2.75) is 43.6 Å². The average Bonchev–Trinajstić information content (AvgIpc) is 2.81. The van der Waals surface area contributed by atoms with Gasteiger partial charge in [-0.05, 0) is 12.8 Å². The van der Waals surface area contributed by atoms with Gasteiger partial charge < -0.3 is 9.47 Å². The van der Waals surface area contributed by atoms with Gasteiger partial charge in [0, 0.05) is 35.1 Å². The molecule has 3 radical (unpaired) electrons. The van der Waals surface area contributed by atoms with Gasteiger partial charge in [-0.2, -0.15) is 0 Å². The molecule has 0 aromatic heterocycles. The fourth-order valence-corrected chi connectivity index (χ4v) is 3.41. The highest BCUT2D eigenvalue weighted by Gasteiger charge is 2.61. The Hall–Kier alpha value is -0.193. The summed E-state index contributed by atoms with van der Waals surface area (Å²) in [7, 11) is 3.43. The molecule has 0 amide bonds. The lowest BCUT2D eigenvalue weighted by atomic mass is 9.86. The van der Waals surface area contributed by atoms with E-state index in [0.29, 0.717) is 18.1 Å². The molecule has 0 aromatic rings. The Labute approximate surface area is 92.9 Å². The van der Waals surface area contributed by atoms with Gasteiger partial charge in [0.2, 0.25) is 0 Å². The van der Waals surface area contributed by atoms with Crippen molar-refractivity contribution in [3.05, 3.63) is 0 Å². The average molecular weight is 223 g/mol. The summed E-state index contributed by atoms with van der Waals surface area (Å²) in [5, 5.41) is 0. The van der Waals surface area contributed by atoms with E-state index in [-0.39, 0.29) is 24.2 Å². The Morgan fingerprint density at radius 1 is 1.53 bits per heavy atom. The van der Waals surface area contributed by atoms with Crippen LogP contribution in [-0.4, -0.2) is 40.9 Å². The van der Waals surface area contributed by atoms with E-state index in [1.165, 1.54) is 0 Å². The van der Waals surface area contributed by atoms with E-state index >= 15 is 0 Å². The predicted octanol–water partition coefficient (Wildman–Crippen LogP) is 0.725. The van der Waals surface area contributed by atoms with Crippen LogP contribution in [0.4, 0.5) is 0 Å². The van der Waals surface area contributed by atoms with E-state index in [0.717, 1.165) is 25.5 Å². The van der Waals surface area contributed by atoms with Crippen molar-refractivity contribution in [2.24, 2.45) is 11.8 Å². The van der Waals surface area contributed by atoms with Crippen molar-refractivity contribution in [3.8, 4) is 0 Å². The first kappa shape index (κ1) is 9.99. The summed E-state index contributed by atoms with van der Waals surface area (Å²) in [6.07, 6.45) is 3.19. The molecule has 3 aliphatic rings. The topological polar surface area (TPSA) is 35.5 Å². The first-order valence-electron chi connectivity index (χ1n) is 5.75. The van der Waals surface area contributed by atoms with Crippen LogP contribution >= 0.6 is 0 Å². The molecule has 81 valence electrons. The van der Waals surface area contributed by atoms with Crippen molar-refractivity contribution < 1.29 is 14.3 Å². The van der Waals surface area contributed by atoms with Gasteiger partial charge in [-0.1, -0.05) is 6.04 Å². The standard InChI is InChI=1S/C11H15O3Si/c12-8-4-7-10-6(8)5-9(14-10)11(7)13-2-1-3-15/h6-7,9-11H,1-5H2. The lowest BCUT2D eigenvalue weighted by Gasteiger charge is -2.24. The van der Waals surface area contributed by atoms with Crippen molar-refractivity contribution in [2.75, 3.05) is 6.61 Å². The Bertz CT molecular complexity index is 281. The van der Waals surface area contributed by atoms with E-state index < -0.39 is 0 Å². The summed E-state index contributed by atoms with van der Waals surface area (Å²) >= 11 is 0. The Morgan fingerprint density at radius 3 is 3.20 bits per heavy atom. The first-order valence-corrected chi connectivity index (χ1v) is 6.46. The molecule has 2 heterocycles. The van der Waals surface area contributed by atoms with Crippen LogP contribution in [0.1, 0.15) is 19.3 Å². The SMILES string of the molecule is O=C1CC2C(OCCC[Si])C3CC1C2O3. The summed E-state index contributed by atoms with van der Waals surface area (Å²) in [6.45, 7) is 0.774. The van der Waals surface area contributed by atoms with Crippen molar-refractivity contribution in [3.63, 3.8) is 0 Å². The summed E-state index contributed by atoms with van der Waals surface area (Å²) in [4.78, 5) is 11.6. The second-order valence-electron chi connectivity index (χ2n) is 4.75. The van der Waals surface area contributed by atoms with E-state index in [2.05, 4.69) is 10.2 Å². The van der Waals surface area contributed by atoms with Gasteiger partial charge >= 0.3 is 0 Å². The number of hydrogen-bond acceptors (Lipinski definition) is 3. The normalized spacial score (nSPS) is 46.7. The number of ether oxygens (including phenoxy) is 2. The van der Waals surface area contributed by atoms with Crippen molar-refractivity contribution >= 4 is 16.0 Å². The minimum atomic E-state index is 0.191. The number of carbonyl (C=O) groups excluding carboxylic acids is 1. The molecule has 2 aliphatic heterocycles. The molecule has 0 aromatic carbocycles. The lowest BCUT2D eigenvalue weighted by molar-refractivity contribution is -0.121. The zero-order valence-corrected chi connectivity index (χ0v) is 9.65. The zero-order chi connectivity index (χ0) is 10.4. The molecule has 15 heavy (non-hydrogen) atoms. The van der Waals surface area contributed by atoms with Gasteiger partial charge in [0.15, 0.2) is 0 Å². The summed E-state index contributed by atoms with van der Waals surface area (Å²) in [5.41, 5.74) is 0.